The van der Waals surface area contributed by atoms with Gasteiger partial charge in [-0.05, 0) is 28.8 Å². The van der Waals surface area contributed by atoms with Crippen LogP contribution in [0.2, 0.25) is 0 Å². The molecule has 1 atom stereocenters. The molecule has 0 aliphatic heterocycles. The molecule has 2 aromatic carbocycles. The van der Waals surface area contributed by atoms with Crippen LogP contribution in [-0.2, 0) is 9.09 Å². The van der Waals surface area contributed by atoms with Gasteiger partial charge in [0.2, 0.25) is 0 Å². The summed E-state index contributed by atoms with van der Waals surface area (Å²) in [7, 11) is -3.60. The van der Waals surface area contributed by atoms with Crippen LogP contribution in [0.1, 0.15) is 0 Å². The van der Waals surface area contributed by atoms with E-state index in [1.165, 1.54) is 0 Å². The summed E-state index contributed by atoms with van der Waals surface area (Å²) in [5.74, 6) is 0. The maximum Gasteiger partial charge on any atom is 0.495 e. The van der Waals surface area contributed by atoms with Gasteiger partial charge < -0.3 is 4.89 Å². The first-order valence-corrected chi connectivity index (χ1v) is 8.18. The second-order valence-electron chi connectivity index (χ2n) is 3.51. The van der Waals surface area contributed by atoms with Crippen molar-refractivity contribution in [3.8, 4) is 0 Å². The lowest BCUT2D eigenvalue weighted by atomic mass is 10.4. The Kier molecular flexibility index (Phi) is 5.31. The van der Waals surface area contributed by atoms with Crippen molar-refractivity contribution in [3.05, 3.63) is 60.7 Å². The fourth-order valence-electron chi connectivity index (χ4n) is 1.55. The number of hydrogen-bond acceptors (Lipinski definition) is 3. The third kappa shape index (κ3) is 4.00. The minimum atomic E-state index is -2.96. The lowest BCUT2D eigenvalue weighted by molar-refractivity contribution is -0.179. The van der Waals surface area contributed by atoms with Crippen molar-refractivity contribution in [2.75, 3.05) is 0 Å². The summed E-state index contributed by atoms with van der Waals surface area (Å²) >= 11 is 4.21. The van der Waals surface area contributed by atoms with Gasteiger partial charge >= 0.3 is 8.25 Å². The van der Waals surface area contributed by atoms with E-state index in [0.717, 1.165) is 9.79 Å². The van der Waals surface area contributed by atoms with E-state index < -0.39 is 18.7 Å². The van der Waals surface area contributed by atoms with Crippen molar-refractivity contribution in [1.29, 1.82) is 0 Å². The van der Waals surface area contributed by atoms with Gasteiger partial charge in [0, 0.05) is 9.79 Å². The molecule has 0 fully saturated rings. The first-order valence-electron chi connectivity index (χ1n) is 5.41. The average molecular weight is 310 g/mol. The van der Waals surface area contributed by atoms with E-state index in [-0.39, 0.29) is 4.38 Å². The normalized spacial score (nSPS) is 11.4. The summed E-state index contributed by atoms with van der Waals surface area (Å²) < 4.78 is 15.7. The summed E-state index contributed by atoms with van der Waals surface area (Å²) in [6, 6.07) is 19.1. The van der Waals surface area contributed by atoms with Crippen molar-refractivity contribution in [3.63, 3.8) is 0 Å². The number of benzene rings is 2. The number of thiol groups is 1. The van der Waals surface area contributed by atoms with Gasteiger partial charge in [0.05, 0.1) is 0 Å². The molecule has 0 aliphatic rings. The summed E-state index contributed by atoms with van der Waals surface area (Å²) in [6.07, 6.45) is 0. The minimum Gasteiger partial charge on any atom is -0.566 e. The van der Waals surface area contributed by atoms with Crippen LogP contribution in [-0.4, -0.2) is 4.38 Å². The van der Waals surface area contributed by atoms with E-state index in [4.69, 9.17) is 4.52 Å². The highest BCUT2D eigenvalue weighted by Crippen LogP contribution is 2.39. The molecule has 0 bridgehead atoms. The molecular weight excluding hydrogens is 299 g/mol. The highest BCUT2D eigenvalue weighted by Gasteiger charge is 2.14. The molecule has 0 spiro atoms. The van der Waals surface area contributed by atoms with E-state index in [2.05, 4.69) is 12.6 Å². The van der Waals surface area contributed by atoms with Crippen LogP contribution in [0, 0.1) is 0 Å². The summed E-state index contributed by atoms with van der Waals surface area (Å²) in [5, 5.41) is 0. The van der Waals surface area contributed by atoms with Gasteiger partial charge in [0.15, 0.2) is 4.38 Å². The maximum atomic E-state index is 10.7. The SMILES string of the molecule is O=[P+]([O-])OC(S)=S(c1ccccc1)c1ccccc1. The third-order valence-electron chi connectivity index (χ3n) is 2.29. The molecule has 0 saturated carbocycles. The van der Waals surface area contributed by atoms with E-state index in [1.807, 2.05) is 60.7 Å². The molecule has 0 N–H and O–H groups in total. The van der Waals surface area contributed by atoms with Gasteiger partial charge in [-0.3, -0.25) is 0 Å². The first kappa shape index (κ1) is 14.4. The van der Waals surface area contributed by atoms with Crippen LogP contribution in [0.15, 0.2) is 70.5 Å². The zero-order valence-electron chi connectivity index (χ0n) is 9.80. The van der Waals surface area contributed by atoms with Crippen LogP contribution in [0.4, 0.5) is 0 Å². The van der Waals surface area contributed by atoms with E-state index >= 15 is 0 Å². The Morgan fingerprint density at radius 2 is 1.42 bits per heavy atom. The molecule has 1 unspecified atom stereocenters. The molecule has 3 nitrogen and oxygen atoms in total. The lowest BCUT2D eigenvalue weighted by Gasteiger charge is -2.11. The van der Waals surface area contributed by atoms with Gasteiger partial charge in [-0.25, -0.2) is 0 Å². The number of hydrogen-bond donors (Lipinski definition) is 1. The molecule has 0 aliphatic carbocycles. The standard InChI is InChI=1S/C13H11O3PS2/c14-17(15)16-13(18)19(11-7-3-1-4-8-11)12-9-5-2-6-10-12/h1-10,18H. The maximum absolute atomic E-state index is 10.7. The zero-order chi connectivity index (χ0) is 13.7. The van der Waals surface area contributed by atoms with Crippen LogP contribution < -0.4 is 4.89 Å². The monoisotopic (exact) mass is 310 g/mol. The Balaban J connectivity index is 2.55. The van der Waals surface area contributed by atoms with Gasteiger partial charge in [0.1, 0.15) is 0 Å². The lowest BCUT2D eigenvalue weighted by Crippen LogP contribution is -1.97. The molecule has 2 rings (SSSR count). The Morgan fingerprint density at radius 1 is 1.00 bits per heavy atom. The van der Waals surface area contributed by atoms with Crippen LogP contribution in [0.25, 0.3) is 0 Å². The largest absolute Gasteiger partial charge is 0.566 e. The fraction of sp³-hybridized carbons (Fsp3) is 0. The molecule has 2 aromatic rings. The molecule has 0 heterocycles. The van der Waals surface area contributed by atoms with Gasteiger partial charge in [0.25, 0.3) is 0 Å². The van der Waals surface area contributed by atoms with Gasteiger partial charge in [-0.15, -0.1) is 12.6 Å². The molecule has 0 radical (unpaired) electrons. The Hall–Kier alpha value is -0.970. The highest BCUT2D eigenvalue weighted by atomic mass is 32.2. The van der Waals surface area contributed by atoms with E-state index in [9.17, 15) is 9.46 Å². The van der Waals surface area contributed by atoms with E-state index in [0.29, 0.717) is 0 Å². The third-order valence-corrected chi connectivity index (χ3v) is 5.44. The highest BCUT2D eigenvalue weighted by molar-refractivity contribution is 8.27. The van der Waals surface area contributed by atoms with Crippen molar-refractivity contribution in [2.45, 2.75) is 9.79 Å². The van der Waals surface area contributed by atoms with Crippen molar-refractivity contribution < 1.29 is 14.0 Å². The molecular formula is C13H11O3PS2. The summed E-state index contributed by atoms with van der Waals surface area (Å²) in [4.78, 5) is 12.6. The Bertz CT molecular complexity index is 558. The Labute approximate surface area is 120 Å². The molecule has 98 valence electrons. The zero-order valence-corrected chi connectivity index (χ0v) is 12.4. The molecule has 6 heteroatoms. The van der Waals surface area contributed by atoms with Crippen molar-refractivity contribution >= 4 is 35.8 Å². The summed E-state index contributed by atoms with van der Waals surface area (Å²) in [6.45, 7) is 0. The van der Waals surface area contributed by atoms with Gasteiger partial charge in [-0.2, -0.15) is 0 Å². The smallest absolute Gasteiger partial charge is 0.495 e. The minimum absolute atomic E-state index is 0.175. The van der Waals surface area contributed by atoms with Crippen molar-refractivity contribution in [2.24, 2.45) is 0 Å². The second kappa shape index (κ2) is 6.98. The average Bonchev–Trinajstić information content (AvgIpc) is 2.40. The quantitative estimate of drug-likeness (QED) is 0.537. The van der Waals surface area contributed by atoms with E-state index in [1.54, 1.807) is 0 Å². The molecule has 0 aromatic heterocycles. The molecule has 0 amide bonds. The van der Waals surface area contributed by atoms with Crippen molar-refractivity contribution in [1.82, 2.24) is 0 Å². The first-order chi connectivity index (χ1) is 9.18. The predicted molar refractivity (Wildman–Crippen MR) is 79.7 cm³/mol. The molecule has 19 heavy (non-hydrogen) atoms. The second-order valence-corrected chi connectivity index (χ2v) is 6.78. The van der Waals surface area contributed by atoms with Crippen LogP contribution >= 0.6 is 31.4 Å². The fourth-order valence-corrected chi connectivity index (χ4v) is 4.53. The summed E-state index contributed by atoms with van der Waals surface area (Å²) in [5.41, 5.74) is 0. The van der Waals surface area contributed by atoms with Gasteiger partial charge in [-0.1, -0.05) is 51.4 Å². The predicted octanol–water partition coefficient (Wildman–Crippen LogP) is 3.43. The van der Waals surface area contributed by atoms with Crippen LogP contribution in [0.3, 0.4) is 0 Å². The number of rotatable bonds is 3. The van der Waals surface area contributed by atoms with Crippen LogP contribution in [0.5, 0.6) is 0 Å². The molecule has 0 saturated heterocycles. The Morgan fingerprint density at radius 3 is 1.79 bits per heavy atom. The topological polar surface area (TPSA) is 49.4 Å².